The summed E-state index contributed by atoms with van der Waals surface area (Å²) in [6.45, 7) is 8.25. The van der Waals surface area contributed by atoms with E-state index in [1.807, 2.05) is 0 Å². The average Bonchev–Trinajstić information content (AvgIpc) is 3.08. The first-order valence-corrected chi connectivity index (χ1v) is 8.26. The van der Waals surface area contributed by atoms with Crippen molar-refractivity contribution >= 4 is 23.6 Å². The minimum absolute atomic E-state index is 0.0295. The fraction of sp³-hybridized carbons (Fsp3) is 0.167. The molecule has 1 N–H and O–H groups in total. The molecule has 0 bridgehead atoms. The molecule has 2 heterocycles. The van der Waals surface area contributed by atoms with Crippen LogP contribution in [0.5, 0.6) is 5.75 Å². The summed E-state index contributed by atoms with van der Waals surface area (Å²) in [5.41, 5.74) is 0.366. The van der Waals surface area contributed by atoms with E-state index in [4.69, 9.17) is 9.26 Å². The zero-order valence-corrected chi connectivity index (χ0v) is 15.2. The van der Waals surface area contributed by atoms with Gasteiger partial charge < -0.3 is 14.2 Å². The molecule has 0 radical (unpaired) electrons. The molecule has 3 rings (SSSR count). The molecular weight excluding hydrogens is 364 g/mol. The van der Waals surface area contributed by atoms with E-state index in [2.05, 4.69) is 33.4 Å². The topological polar surface area (TPSA) is 115 Å². The largest absolute Gasteiger partial charge is 0.497 e. The van der Waals surface area contributed by atoms with Crippen molar-refractivity contribution in [1.29, 1.82) is 0 Å². The maximum Gasteiger partial charge on any atom is 0.462 e. The third kappa shape index (κ3) is 3.90. The van der Waals surface area contributed by atoms with Gasteiger partial charge in [0.15, 0.2) is 0 Å². The van der Waals surface area contributed by atoms with Gasteiger partial charge in [-0.15, -0.1) is 18.1 Å². The molecular formula is C18H18N6O4. The number of fused-ring (bicyclic) bond motifs is 1. The number of hydrogen-bond donors (Lipinski definition) is 1. The van der Waals surface area contributed by atoms with Crippen LogP contribution in [-0.2, 0) is 0 Å². The SMILES string of the molecule is C=CCN(CC=C)c1nc(NC(=O)c2ccc(OC)cc2)n2oc(=O)nc2n1. The minimum Gasteiger partial charge on any atom is -0.497 e. The van der Waals surface area contributed by atoms with Gasteiger partial charge in [0.05, 0.1) is 7.11 Å². The number of methoxy groups -OCH3 is 1. The number of nitrogens with zero attached hydrogens (tertiary/aromatic N) is 5. The Labute approximate surface area is 159 Å². The summed E-state index contributed by atoms with van der Waals surface area (Å²) in [4.78, 5) is 38.1. The van der Waals surface area contributed by atoms with Gasteiger partial charge in [0.2, 0.25) is 5.95 Å². The lowest BCUT2D eigenvalue weighted by atomic mass is 10.2. The Morgan fingerprint density at radius 2 is 1.89 bits per heavy atom. The molecule has 0 atom stereocenters. The smallest absolute Gasteiger partial charge is 0.462 e. The number of aromatic nitrogens is 4. The Morgan fingerprint density at radius 3 is 2.50 bits per heavy atom. The van der Waals surface area contributed by atoms with Crippen molar-refractivity contribution in [2.45, 2.75) is 0 Å². The van der Waals surface area contributed by atoms with Gasteiger partial charge in [0, 0.05) is 18.7 Å². The van der Waals surface area contributed by atoms with Crippen LogP contribution >= 0.6 is 0 Å². The van der Waals surface area contributed by atoms with Crippen molar-refractivity contribution in [2.24, 2.45) is 0 Å². The Hall–Kier alpha value is -3.95. The van der Waals surface area contributed by atoms with Gasteiger partial charge in [-0.25, -0.2) is 4.79 Å². The Morgan fingerprint density at radius 1 is 1.21 bits per heavy atom. The lowest BCUT2D eigenvalue weighted by Crippen LogP contribution is -2.27. The summed E-state index contributed by atoms with van der Waals surface area (Å²) in [7, 11) is 1.54. The van der Waals surface area contributed by atoms with Gasteiger partial charge in [0.25, 0.3) is 17.6 Å². The highest BCUT2D eigenvalue weighted by molar-refractivity contribution is 6.03. The van der Waals surface area contributed by atoms with Gasteiger partial charge in [0.1, 0.15) is 5.75 Å². The zero-order valence-electron chi connectivity index (χ0n) is 15.2. The summed E-state index contributed by atoms with van der Waals surface area (Å²) in [6.07, 6.45) is 3.34. The molecule has 0 unspecified atom stereocenters. The lowest BCUT2D eigenvalue weighted by Gasteiger charge is -2.19. The predicted molar refractivity (Wildman–Crippen MR) is 103 cm³/mol. The summed E-state index contributed by atoms with van der Waals surface area (Å²) >= 11 is 0. The van der Waals surface area contributed by atoms with E-state index < -0.39 is 11.7 Å². The number of amides is 1. The molecule has 0 aliphatic carbocycles. The lowest BCUT2D eigenvalue weighted by molar-refractivity contribution is 0.102. The number of anilines is 2. The van der Waals surface area contributed by atoms with E-state index in [1.165, 1.54) is 7.11 Å². The molecule has 28 heavy (non-hydrogen) atoms. The van der Waals surface area contributed by atoms with Crippen LogP contribution in [0.1, 0.15) is 10.4 Å². The van der Waals surface area contributed by atoms with E-state index in [0.717, 1.165) is 4.57 Å². The molecule has 10 nitrogen and oxygen atoms in total. The second-order valence-corrected chi connectivity index (χ2v) is 5.58. The number of carbonyl (C=O) groups excluding carboxylic acids is 1. The molecule has 0 saturated heterocycles. The molecule has 1 aromatic carbocycles. The van der Waals surface area contributed by atoms with Gasteiger partial charge in [-0.3, -0.25) is 10.1 Å². The van der Waals surface area contributed by atoms with Crippen LogP contribution in [0.3, 0.4) is 0 Å². The normalized spacial score (nSPS) is 10.5. The number of rotatable bonds is 8. The monoisotopic (exact) mass is 382 g/mol. The first-order chi connectivity index (χ1) is 13.5. The Balaban J connectivity index is 2.00. The van der Waals surface area contributed by atoms with E-state index in [9.17, 15) is 9.59 Å². The molecule has 144 valence electrons. The predicted octanol–water partition coefficient (Wildman–Crippen LogP) is 1.52. The summed E-state index contributed by atoms with van der Waals surface area (Å²) < 4.78 is 11.0. The fourth-order valence-electron chi connectivity index (χ4n) is 2.42. The van der Waals surface area contributed by atoms with E-state index in [1.54, 1.807) is 41.3 Å². The number of benzene rings is 1. The molecule has 0 aliphatic heterocycles. The standard InChI is InChI=1S/C18H18N6O4/c1-4-10-23(11-5-2)15-20-16(24-17(21-15)22-18(26)28-24)19-14(25)12-6-8-13(27-3)9-7-12/h4-9H,1-2,10-11H2,3H3,(H,19,20,21,22,25,26). The second kappa shape index (κ2) is 8.16. The Bertz CT molecular complexity index is 1060. The highest BCUT2D eigenvalue weighted by Gasteiger charge is 2.18. The van der Waals surface area contributed by atoms with Gasteiger partial charge in [-0.05, 0) is 24.3 Å². The Kier molecular flexibility index (Phi) is 5.49. The molecule has 0 spiro atoms. The summed E-state index contributed by atoms with van der Waals surface area (Å²) in [5.74, 6) is -0.521. The van der Waals surface area contributed by atoms with Gasteiger partial charge >= 0.3 is 5.76 Å². The maximum absolute atomic E-state index is 12.6. The second-order valence-electron chi connectivity index (χ2n) is 5.58. The van der Waals surface area contributed by atoms with Crippen LogP contribution in [0.2, 0.25) is 0 Å². The highest BCUT2D eigenvalue weighted by atomic mass is 16.5. The van der Waals surface area contributed by atoms with Crippen LogP contribution in [0.15, 0.2) is 58.9 Å². The molecule has 0 saturated carbocycles. The van der Waals surface area contributed by atoms with Crippen molar-refractivity contribution in [3.05, 3.63) is 65.7 Å². The zero-order chi connectivity index (χ0) is 20.1. The number of nitrogens with one attached hydrogen (secondary N) is 1. The highest BCUT2D eigenvalue weighted by Crippen LogP contribution is 2.16. The van der Waals surface area contributed by atoms with Crippen molar-refractivity contribution < 1.29 is 14.1 Å². The summed E-state index contributed by atoms with van der Waals surface area (Å²) in [5, 5.41) is 2.61. The third-order valence-electron chi connectivity index (χ3n) is 3.70. The van der Waals surface area contributed by atoms with Crippen molar-refractivity contribution in [3.8, 4) is 5.75 Å². The van der Waals surface area contributed by atoms with E-state index in [-0.39, 0.29) is 17.7 Å². The number of hydrogen-bond acceptors (Lipinski definition) is 8. The van der Waals surface area contributed by atoms with Crippen molar-refractivity contribution in [3.63, 3.8) is 0 Å². The minimum atomic E-state index is -0.856. The third-order valence-corrected chi connectivity index (χ3v) is 3.70. The van der Waals surface area contributed by atoms with Crippen LogP contribution < -0.4 is 20.7 Å². The van der Waals surface area contributed by atoms with Crippen LogP contribution in [-0.4, -0.2) is 45.6 Å². The quantitative estimate of drug-likeness (QED) is 0.583. The van der Waals surface area contributed by atoms with Crippen LogP contribution in [0.4, 0.5) is 11.9 Å². The number of ether oxygens (including phenoxy) is 1. The first-order valence-electron chi connectivity index (χ1n) is 8.26. The summed E-state index contributed by atoms with van der Waals surface area (Å²) in [6, 6.07) is 6.50. The molecule has 3 aromatic rings. The number of carbonyl (C=O) groups is 1. The van der Waals surface area contributed by atoms with Crippen LogP contribution in [0, 0.1) is 0 Å². The van der Waals surface area contributed by atoms with Gasteiger partial charge in [-0.1, -0.05) is 16.7 Å². The van der Waals surface area contributed by atoms with Crippen molar-refractivity contribution in [1.82, 2.24) is 19.5 Å². The maximum atomic E-state index is 12.6. The molecule has 10 heteroatoms. The van der Waals surface area contributed by atoms with E-state index in [0.29, 0.717) is 24.4 Å². The first kappa shape index (κ1) is 18.8. The van der Waals surface area contributed by atoms with Crippen molar-refractivity contribution in [2.75, 3.05) is 30.4 Å². The average molecular weight is 382 g/mol. The van der Waals surface area contributed by atoms with Crippen LogP contribution in [0.25, 0.3) is 5.78 Å². The molecule has 0 aliphatic rings. The van der Waals surface area contributed by atoms with Gasteiger partial charge in [-0.2, -0.15) is 9.97 Å². The molecule has 0 fully saturated rings. The fourth-order valence-corrected chi connectivity index (χ4v) is 2.42. The molecule has 1 amide bonds. The molecule has 2 aromatic heterocycles. The van der Waals surface area contributed by atoms with E-state index >= 15 is 0 Å².